The van der Waals surface area contributed by atoms with E-state index in [1.54, 1.807) is 6.92 Å². The molecular weight excluding hydrogens is 242 g/mol. The highest BCUT2D eigenvalue weighted by molar-refractivity contribution is 9.10. The van der Waals surface area contributed by atoms with Crippen molar-refractivity contribution in [3.8, 4) is 0 Å². The number of fused-ring (bicyclic) bond motifs is 1. The molecule has 0 aliphatic carbocycles. The van der Waals surface area contributed by atoms with Gasteiger partial charge < -0.3 is 9.67 Å². The van der Waals surface area contributed by atoms with E-state index in [1.807, 2.05) is 12.3 Å². The number of aliphatic hydroxyl groups excluding tert-OH is 1. The summed E-state index contributed by atoms with van der Waals surface area (Å²) in [6.45, 7) is 2.43. The van der Waals surface area contributed by atoms with Crippen LogP contribution in [0.5, 0.6) is 0 Å². The van der Waals surface area contributed by atoms with Crippen molar-refractivity contribution in [3.05, 3.63) is 34.9 Å². The molecule has 0 amide bonds. The fraction of sp³-hybridized carbons (Fsp3) is 0.273. The summed E-state index contributed by atoms with van der Waals surface area (Å²) < 4.78 is 3.13. The van der Waals surface area contributed by atoms with E-state index in [9.17, 15) is 5.11 Å². The van der Waals surface area contributed by atoms with Gasteiger partial charge in [0, 0.05) is 22.7 Å². The van der Waals surface area contributed by atoms with E-state index in [4.69, 9.17) is 0 Å². The molecule has 2 rings (SSSR count). The lowest BCUT2D eigenvalue weighted by Gasteiger charge is -2.07. The Bertz CT molecular complexity index is 447. The van der Waals surface area contributed by atoms with Crippen LogP contribution in [0.1, 0.15) is 6.92 Å². The summed E-state index contributed by atoms with van der Waals surface area (Å²) in [6.07, 6.45) is 1.69. The number of nitrogens with zero attached hydrogens (tertiary/aromatic N) is 1. The van der Waals surface area contributed by atoms with Crippen LogP contribution in [0.15, 0.2) is 34.9 Å². The maximum Gasteiger partial charge on any atom is 0.0691 e. The SMILES string of the molecule is C[C@@H](O)Cn1ccc2ccc(Br)cc21. The Kier molecular flexibility index (Phi) is 2.61. The van der Waals surface area contributed by atoms with Gasteiger partial charge in [-0.05, 0) is 30.5 Å². The molecule has 74 valence electrons. The first-order chi connectivity index (χ1) is 6.66. The number of rotatable bonds is 2. The van der Waals surface area contributed by atoms with Crippen molar-refractivity contribution in [2.75, 3.05) is 0 Å². The maximum atomic E-state index is 9.32. The van der Waals surface area contributed by atoms with Gasteiger partial charge in [0.25, 0.3) is 0 Å². The summed E-state index contributed by atoms with van der Waals surface area (Å²) in [6, 6.07) is 8.22. The highest BCUT2D eigenvalue weighted by Crippen LogP contribution is 2.21. The number of benzene rings is 1. The third kappa shape index (κ3) is 1.83. The Labute approximate surface area is 91.3 Å². The lowest BCUT2D eigenvalue weighted by molar-refractivity contribution is 0.175. The second-order valence-corrected chi connectivity index (χ2v) is 4.44. The topological polar surface area (TPSA) is 25.2 Å². The Hall–Kier alpha value is -0.800. The minimum atomic E-state index is -0.315. The van der Waals surface area contributed by atoms with Crippen LogP contribution in [-0.4, -0.2) is 15.8 Å². The van der Waals surface area contributed by atoms with Gasteiger partial charge >= 0.3 is 0 Å². The van der Waals surface area contributed by atoms with Gasteiger partial charge in [-0.1, -0.05) is 22.0 Å². The maximum absolute atomic E-state index is 9.32. The van der Waals surface area contributed by atoms with E-state index in [2.05, 4.69) is 38.7 Å². The Morgan fingerprint density at radius 1 is 1.43 bits per heavy atom. The molecule has 0 aliphatic rings. The molecule has 0 saturated carbocycles. The molecule has 14 heavy (non-hydrogen) atoms. The molecule has 0 fully saturated rings. The monoisotopic (exact) mass is 253 g/mol. The third-order valence-electron chi connectivity index (χ3n) is 2.20. The van der Waals surface area contributed by atoms with Crippen LogP contribution in [0.2, 0.25) is 0 Å². The molecule has 0 spiro atoms. The van der Waals surface area contributed by atoms with Crippen molar-refractivity contribution in [1.82, 2.24) is 4.57 Å². The number of aliphatic hydroxyl groups is 1. The lowest BCUT2D eigenvalue weighted by atomic mass is 10.2. The summed E-state index contributed by atoms with van der Waals surface area (Å²) in [7, 11) is 0. The number of halogens is 1. The highest BCUT2D eigenvalue weighted by atomic mass is 79.9. The first kappa shape index (κ1) is 9.74. The number of hydrogen-bond acceptors (Lipinski definition) is 1. The molecular formula is C11H12BrNO. The molecule has 1 heterocycles. The smallest absolute Gasteiger partial charge is 0.0691 e. The summed E-state index contributed by atoms with van der Waals surface area (Å²) in [4.78, 5) is 0. The van der Waals surface area contributed by atoms with Gasteiger partial charge in [0.1, 0.15) is 0 Å². The van der Waals surface area contributed by atoms with Crippen LogP contribution in [-0.2, 0) is 6.54 Å². The number of hydrogen-bond donors (Lipinski definition) is 1. The molecule has 0 bridgehead atoms. The zero-order valence-corrected chi connectivity index (χ0v) is 9.53. The van der Waals surface area contributed by atoms with Crippen LogP contribution in [0.25, 0.3) is 10.9 Å². The Morgan fingerprint density at radius 2 is 2.21 bits per heavy atom. The van der Waals surface area contributed by atoms with Crippen molar-refractivity contribution in [3.63, 3.8) is 0 Å². The summed E-state index contributed by atoms with van der Waals surface area (Å²) in [5.74, 6) is 0. The van der Waals surface area contributed by atoms with Crippen molar-refractivity contribution in [2.24, 2.45) is 0 Å². The lowest BCUT2D eigenvalue weighted by Crippen LogP contribution is -2.10. The standard InChI is InChI=1S/C11H12BrNO/c1-8(14)7-13-5-4-9-2-3-10(12)6-11(9)13/h2-6,8,14H,7H2,1H3/t8-/m1/s1. The minimum absolute atomic E-state index is 0.315. The summed E-state index contributed by atoms with van der Waals surface area (Å²) in [5, 5.41) is 10.5. The van der Waals surface area contributed by atoms with E-state index >= 15 is 0 Å². The molecule has 2 nitrogen and oxygen atoms in total. The normalized spacial score (nSPS) is 13.4. The molecule has 1 N–H and O–H groups in total. The first-order valence-electron chi connectivity index (χ1n) is 4.59. The molecule has 0 radical (unpaired) electrons. The quantitative estimate of drug-likeness (QED) is 0.875. The zero-order valence-electron chi connectivity index (χ0n) is 7.94. The molecule has 1 aromatic carbocycles. The van der Waals surface area contributed by atoms with Gasteiger partial charge in [0.2, 0.25) is 0 Å². The molecule has 2 aromatic rings. The van der Waals surface area contributed by atoms with Gasteiger partial charge in [0.05, 0.1) is 6.10 Å². The van der Waals surface area contributed by atoms with Crippen LogP contribution in [0, 0.1) is 0 Å². The van der Waals surface area contributed by atoms with E-state index in [1.165, 1.54) is 5.39 Å². The minimum Gasteiger partial charge on any atom is -0.392 e. The van der Waals surface area contributed by atoms with Crippen molar-refractivity contribution in [1.29, 1.82) is 0 Å². The van der Waals surface area contributed by atoms with E-state index in [0.717, 1.165) is 9.99 Å². The Morgan fingerprint density at radius 3 is 2.93 bits per heavy atom. The van der Waals surface area contributed by atoms with Gasteiger partial charge in [-0.3, -0.25) is 0 Å². The molecule has 0 saturated heterocycles. The molecule has 1 aromatic heterocycles. The highest BCUT2D eigenvalue weighted by Gasteiger charge is 2.03. The van der Waals surface area contributed by atoms with Crippen LogP contribution >= 0.6 is 15.9 Å². The first-order valence-corrected chi connectivity index (χ1v) is 5.38. The van der Waals surface area contributed by atoms with Gasteiger partial charge in [-0.25, -0.2) is 0 Å². The molecule has 0 unspecified atom stereocenters. The van der Waals surface area contributed by atoms with Crippen LogP contribution in [0.3, 0.4) is 0 Å². The van der Waals surface area contributed by atoms with E-state index in [-0.39, 0.29) is 6.10 Å². The molecule has 3 heteroatoms. The van der Waals surface area contributed by atoms with Crippen LogP contribution in [0.4, 0.5) is 0 Å². The predicted octanol–water partition coefficient (Wildman–Crippen LogP) is 2.78. The third-order valence-corrected chi connectivity index (χ3v) is 2.69. The fourth-order valence-electron chi connectivity index (χ4n) is 1.60. The van der Waals surface area contributed by atoms with Gasteiger partial charge in [-0.15, -0.1) is 0 Å². The second kappa shape index (κ2) is 3.75. The second-order valence-electron chi connectivity index (χ2n) is 3.52. The summed E-state index contributed by atoms with van der Waals surface area (Å²) >= 11 is 3.44. The number of aromatic nitrogens is 1. The summed E-state index contributed by atoms with van der Waals surface area (Å²) in [5.41, 5.74) is 1.15. The van der Waals surface area contributed by atoms with Crippen LogP contribution < -0.4 is 0 Å². The van der Waals surface area contributed by atoms with Gasteiger partial charge in [-0.2, -0.15) is 0 Å². The van der Waals surface area contributed by atoms with E-state index < -0.39 is 0 Å². The van der Waals surface area contributed by atoms with Crippen molar-refractivity contribution < 1.29 is 5.11 Å². The van der Waals surface area contributed by atoms with E-state index in [0.29, 0.717) is 6.54 Å². The Balaban J connectivity index is 2.50. The zero-order chi connectivity index (χ0) is 10.1. The van der Waals surface area contributed by atoms with Crippen molar-refractivity contribution in [2.45, 2.75) is 19.6 Å². The predicted molar refractivity (Wildman–Crippen MR) is 61.3 cm³/mol. The largest absolute Gasteiger partial charge is 0.392 e. The fourth-order valence-corrected chi connectivity index (χ4v) is 1.95. The molecule has 0 aliphatic heterocycles. The van der Waals surface area contributed by atoms with Crippen molar-refractivity contribution >= 4 is 26.8 Å². The average Bonchev–Trinajstić information content (AvgIpc) is 2.47. The average molecular weight is 254 g/mol. The van der Waals surface area contributed by atoms with Gasteiger partial charge in [0.15, 0.2) is 0 Å². The molecule has 1 atom stereocenters.